The van der Waals surface area contributed by atoms with Crippen LogP contribution in [0.25, 0.3) is 0 Å². The van der Waals surface area contributed by atoms with E-state index in [0.29, 0.717) is 13.0 Å². The molecule has 3 nitrogen and oxygen atoms in total. The van der Waals surface area contributed by atoms with E-state index in [1.54, 1.807) is 0 Å². The van der Waals surface area contributed by atoms with Gasteiger partial charge in [0.05, 0.1) is 13.5 Å². The highest BCUT2D eigenvalue weighted by molar-refractivity contribution is 5.86. The standard InChI is InChI=1S/C4H9NO2.3ClH/c1-7-4(6)2-3-5;;;/h2-3,5H2,1H3;3*1H. The number of carbonyl (C=O) groups is 1. The van der Waals surface area contributed by atoms with Crippen molar-refractivity contribution >= 4 is 43.2 Å². The summed E-state index contributed by atoms with van der Waals surface area (Å²) in [6, 6.07) is 0. The molecule has 0 amide bonds. The molecule has 0 aliphatic rings. The third-order valence-corrected chi connectivity index (χ3v) is 0.576. The van der Waals surface area contributed by atoms with Crippen molar-refractivity contribution in [2.45, 2.75) is 6.42 Å². The maximum absolute atomic E-state index is 10.1. The van der Waals surface area contributed by atoms with Crippen LogP contribution in [0.2, 0.25) is 0 Å². The van der Waals surface area contributed by atoms with Gasteiger partial charge in [-0.15, -0.1) is 37.2 Å². The molecule has 0 atom stereocenters. The highest BCUT2D eigenvalue weighted by Crippen LogP contribution is 1.76. The van der Waals surface area contributed by atoms with Gasteiger partial charge in [-0.3, -0.25) is 4.79 Å². The van der Waals surface area contributed by atoms with Crippen LogP contribution in [0.15, 0.2) is 0 Å². The summed E-state index contributed by atoms with van der Waals surface area (Å²) in [6.07, 6.45) is 0.316. The smallest absolute Gasteiger partial charge is 0.306 e. The molecule has 0 saturated heterocycles. The monoisotopic (exact) mass is 211 g/mol. The molecule has 0 radical (unpaired) electrons. The quantitative estimate of drug-likeness (QED) is 0.688. The Bertz CT molecular complexity index is 71.5. The van der Waals surface area contributed by atoms with Crippen molar-refractivity contribution in [1.82, 2.24) is 0 Å². The van der Waals surface area contributed by atoms with Crippen LogP contribution in [0.5, 0.6) is 0 Å². The van der Waals surface area contributed by atoms with E-state index in [0.717, 1.165) is 0 Å². The molecule has 0 aliphatic heterocycles. The van der Waals surface area contributed by atoms with E-state index in [2.05, 4.69) is 4.74 Å². The van der Waals surface area contributed by atoms with Crippen LogP contribution in [0.1, 0.15) is 6.42 Å². The fourth-order valence-electron chi connectivity index (χ4n) is 0.220. The van der Waals surface area contributed by atoms with Crippen molar-refractivity contribution in [2.24, 2.45) is 5.73 Å². The molecule has 0 bridgehead atoms. The number of hydrogen-bond donors (Lipinski definition) is 1. The normalized spacial score (nSPS) is 5.80. The van der Waals surface area contributed by atoms with Gasteiger partial charge in [0.15, 0.2) is 0 Å². The lowest BCUT2D eigenvalue weighted by atomic mass is 10.4. The average molecular weight is 213 g/mol. The average Bonchev–Trinajstić information content (AvgIpc) is 1.68. The van der Waals surface area contributed by atoms with Crippen molar-refractivity contribution in [3.63, 3.8) is 0 Å². The first-order valence-corrected chi connectivity index (χ1v) is 2.08. The number of carbonyl (C=O) groups excluding carboxylic acids is 1. The zero-order valence-electron chi connectivity index (χ0n) is 5.53. The Morgan fingerprint density at radius 3 is 1.90 bits per heavy atom. The molecule has 0 aromatic rings. The van der Waals surface area contributed by atoms with Crippen LogP contribution in [0, 0.1) is 0 Å². The first kappa shape index (κ1) is 22.4. The van der Waals surface area contributed by atoms with E-state index in [1.165, 1.54) is 7.11 Å². The van der Waals surface area contributed by atoms with Gasteiger partial charge >= 0.3 is 5.97 Å². The first-order chi connectivity index (χ1) is 3.31. The number of rotatable bonds is 2. The van der Waals surface area contributed by atoms with Crippen LogP contribution < -0.4 is 5.73 Å². The fraction of sp³-hybridized carbons (Fsp3) is 0.750. The van der Waals surface area contributed by atoms with Crippen molar-refractivity contribution in [2.75, 3.05) is 13.7 Å². The topological polar surface area (TPSA) is 52.3 Å². The van der Waals surface area contributed by atoms with E-state index < -0.39 is 0 Å². The lowest BCUT2D eigenvalue weighted by Crippen LogP contribution is -2.08. The molecule has 0 spiro atoms. The summed E-state index contributed by atoms with van der Waals surface area (Å²) in [7, 11) is 1.35. The van der Waals surface area contributed by atoms with Gasteiger partial charge in [0.2, 0.25) is 0 Å². The molecule has 10 heavy (non-hydrogen) atoms. The Hall–Kier alpha value is 0.300. The second-order valence-electron chi connectivity index (χ2n) is 1.11. The van der Waals surface area contributed by atoms with Crippen LogP contribution in [0.3, 0.4) is 0 Å². The van der Waals surface area contributed by atoms with Gasteiger partial charge in [-0.25, -0.2) is 0 Å². The maximum atomic E-state index is 10.1. The second kappa shape index (κ2) is 16.1. The minimum Gasteiger partial charge on any atom is -0.469 e. The minimum atomic E-state index is -0.248. The Morgan fingerprint density at radius 1 is 1.40 bits per heavy atom. The van der Waals surface area contributed by atoms with Gasteiger partial charge < -0.3 is 10.5 Å². The van der Waals surface area contributed by atoms with Crippen molar-refractivity contribution in [3.05, 3.63) is 0 Å². The Morgan fingerprint density at radius 2 is 1.80 bits per heavy atom. The Kier molecular flexibility index (Phi) is 36.2. The first-order valence-electron chi connectivity index (χ1n) is 2.08. The summed E-state index contributed by atoms with van der Waals surface area (Å²) in [4.78, 5) is 10.1. The third-order valence-electron chi connectivity index (χ3n) is 0.576. The number of hydrogen-bond acceptors (Lipinski definition) is 3. The second-order valence-corrected chi connectivity index (χ2v) is 1.11. The molecule has 0 fully saturated rings. The third kappa shape index (κ3) is 15.7. The minimum absolute atomic E-state index is 0. The van der Waals surface area contributed by atoms with Crippen LogP contribution in [-0.4, -0.2) is 19.6 Å². The predicted molar refractivity (Wildman–Crippen MR) is 47.4 cm³/mol. The maximum Gasteiger partial charge on any atom is 0.306 e. The molecule has 66 valence electrons. The van der Waals surface area contributed by atoms with Gasteiger partial charge in [-0.05, 0) is 0 Å². The van der Waals surface area contributed by atoms with Crippen molar-refractivity contribution in [1.29, 1.82) is 0 Å². The number of ether oxygens (including phenoxy) is 1. The highest BCUT2D eigenvalue weighted by atomic mass is 35.5. The highest BCUT2D eigenvalue weighted by Gasteiger charge is 1.92. The van der Waals surface area contributed by atoms with E-state index >= 15 is 0 Å². The van der Waals surface area contributed by atoms with E-state index in [9.17, 15) is 4.79 Å². The predicted octanol–water partition coefficient (Wildman–Crippen LogP) is 0.774. The summed E-state index contributed by atoms with van der Waals surface area (Å²) in [5.74, 6) is -0.248. The lowest BCUT2D eigenvalue weighted by molar-refractivity contribution is -0.140. The Labute approximate surface area is 78.9 Å². The van der Waals surface area contributed by atoms with E-state index in [1.807, 2.05) is 0 Å². The zero-order valence-corrected chi connectivity index (χ0v) is 7.98. The molecular formula is C4H12Cl3NO2. The lowest BCUT2D eigenvalue weighted by Gasteiger charge is -1.91. The van der Waals surface area contributed by atoms with Crippen LogP contribution >= 0.6 is 37.2 Å². The zero-order chi connectivity index (χ0) is 5.70. The van der Waals surface area contributed by atoms with Crippen molar-refractivity contribution in [3.8, 4) is 0 Å². The number of halogens is 3. The molecule has 0 heterocycles. The summed E-state index contributed by atoms with van der Waals surface area (Å²) >= 11 is 0. The molecule has 0 rings (SSSR count). The van der Waals surface area contributed by atoms with E-state index in [4.69, 9.17) is 5.73 Å². The molecule has 0 aromatic carbocycles. The molecule has 6 heteroatoms. The van der Waals surface area contributed by atoms with Gasteiger partial charge in [-0.2, -0.15) is 0 Å². The summed E-state index contributed by atoms with van der Waals surface area (Å²) < 4.78 is 4.27. The number of esters is 1. The fourth-order valence-corrected chi connectivity index (χ4v) is 0.220. The van der Waals surface area contributed by atoms with Gasteiger partial charge in [-0.1, -0.05) is 0 Å². The number of nitrogens with two attached hydrogens (primary N) is 1. The molecule has 0 saturated carbocycles. The van der Waals surface area contributed by atoms with Gasteiger partial charge in [0.1, 0.15) is 0 Å². The Balaban J connectivity index is -0.0000000600. The van der Waals surface area contributed by atoms with E-state index in [-0.39, 0.29) is 43.2 Å². The SMILES string of the molecule is COC(=O)CCN.Cl.Cl.Cl. The molecule has 0 aliphatic carbocycles. The molecule has 2 N–H and O–H groups in total. The largest absolute Gasteiger partial charge is 0.469 e. The molecular weight excluding hydrogens is 200 g/mol. The number of methoxy groups -OCH3 is 1. The van der Waals surface area contributed by atoms with Gasteiger partial charge in [0.25, 0.3) is 0 Å². The summed E-state index contributed by atoms with van der Waals surface area (Å²) in [5, 5.41) is 0. The van der Waals surface area contributed by atoms with Crippen LogP contribution in [-0.2, 0) is 9.53 Å². The summed E-state index contributed by atoms with van der Waals surface area (Å²) in [5.41, 5.74) is 5.00. The molecule has 0 unspecified atom stereocenters. The van der Waals surface area contributed by atoms with Gasteiger partial charge in [0, 0.05) is 6.54 Å². The van der Waals surface area contributed by atoms with Crippen LogP contribution in [0.4, 0.5) is 0 Å². The summed E-state index contributed by atoms with van der Waals surface area (Å²) in [6.45, 7) is 0.368. The molecule has 0 aromatic heterocycles. The van der Waals surface area contributed by atoms with Crippen molar-refractivity contribution < 1.29 is 9.53 Å².